The number of urea groups is 1. The molecule has 0 unspecified atom stereocenters. The summed E-state index contributed by atoms with van der Waals surface area (Å²) in [7, 11) is 0. The van der Waals surface area contributed by atoms with E-state index in [4.69, 9.17) is 5.11 Å². The van der Waals surface area contributed by atoms with Gasteiger partial charge in [0.15, 0.2) is 11.6 Å². The normalized spacial score (nSPS) is 14.0. The lowest BCUT2D eigenvalue weighted by Crippen LogP contribution is -2.54. The number of carbonyl (C=O) groups is 2. The van der Waals surface area contributed by atoms with Crippen molar-refractivity contribution >= 4 is 12.0 Å². The largest absolute Gasteiger partial charge is 0.478 e. The lowest BCUT2D eigenvalue weighted by Gasteiger charge is -2.39. The van der Waals surface area contributed by atoms with Gasteiger partial charge < -0.3 is 15.3 Å². The Morgan fingerprint density at radius 2 is 1.69 bits per heavy atom. The summed E-state index contributed by atoms with van der Waals surface area (Å²) < 4.78 is 26.1. The van der Waals surface area contributed by atoms with Crippen LogP contribution in [0.1, 0.15) is 21.5 Å². The highest BCUT2D eigenvalue weighted by Gasteiger charge is 2.30. The van der Waals surface area contributed by atoms with E-state index in [1.807, 2.05) is 0 Å². The molecule has 0 spiro atoms. The van der Waals surface area contributed by atoms with E-state index >= 15 is 0 Å². The molecule has 2 N–H and O–H groups in total. The number of carbonyl (C=O) groups excluding carboxylic acids is 1. The number of halogens is 2. The maximum absolute atomic E-state index is 13.2. The summed E-state index contributed by atoms with van der Waals surface area (Å²) in [6, 6.07) is 9.96. The van der Waals surface area contributed by atoms with E-state index in [-0.39, 0.29) is 17.5 Å². The van der Waals surface area contributed by atoms with Gasteiger partial charge >= 0.3 is 12.0 Å². The Labute approximate surface area is 149 Å². The Balaban J connectivity index is 1.43. The fraction of sp³-hybridized carbons (Fsp3) is 0.263. The smallest absolute Gasteiger partial charge is 0.335 e. The second-order valence-electron chi connectivity index (χ2n) is 6.38. The van der Waals surface area contributed by atoms with Crippen molar-refractivity contribution in [2.75, 3.05) is 13.1 Å². The molecule has 0 aliphatic carbocycles. The zero-order valence-electron chi connectivity index (χ0n) is 13.9. The van der Waals surface area contributed by atoms with Crippen molar-refractivity contribution in [1.82, 2.24) is 10.2 Å². The summed E-state index contributed by atoms with van der Waals surface area (Å²) in [5.41, 5.74) is 1.72. The molecular weight excluding hydrogens is 342 g/mol. The molecule has 1 aliphatic heterocycles. The molecule has 0 aromatic heterocycles. The summed E-state index contributed by atoms with van der Waals surface area (Å²) >= 11 is 0. The number of carboxylic acids is 1. The second kappa shape index (κ2) is 7.51. The van der Waals surface area contributed by atoms with Gasteiger partial charge in [0.25, 0.3) is 0 Å². The van der Waals surface area contributed by atoms with E-state index < -0.39 is 17.6 Å². The van der Waals surface area contributed by atoms with Gasteiger partial charge in [0.1, 0.15) is 0 Å². The number of amides is 2. The van der Waals surface area contributed by atoms with Gasteiger partial charge in [0.05, 0.1) is 5.56 Å². The van der Waals surface area contributed by atoms with Gasteiger partial charge in [-0.15, -0.1) is 0 Å². The molecule has 1 fully saturated rings. The molecule has 7 heteroatoms. The molecule has 1 aliphatic rings. The Hall–Kier alpha value is -2.96. The predicted molar refractivity (Wildman–Crippen MR) is 90.8 cm³/mol. The first-order valence-electron chi connectivity index (χ1n) is 8.21. The van der Waals surface area contributed by atoms with Gasteiger partial charge in [-0.2, -0.15) is 0 Å². The summed E-state index contributed by atoms with van der Waals surface area (Å²) in [5, 5.41) is 11.6. The van der Waals surface area contributed by atoms with E-state index in [0.29, 0.717) is 31.6 Å². The Morgan fingerprint density at radius 3 is 2.31 bits per heavy atom. The molecular formula is C19H18F2N2O3. The Morgan fingerprint density at radius 1 is 1.04 bits per heavy atom. The van der Waals surface area contributed by atoms with E-state index in [0.717, 1.165) is 11.6 Å². The van der Waals surface area contributed by atoms with Crippen LogP contribution in [0.2, 0.25) is 0 Å². The number of rotatable bonds is 5. The number of nitrogens with zero attached hydrogens (tertiary/aromatic N) is 1. The molecule has 5 nitrogen and oxygen atoms in total. The number of nitrogens with one attached hydrogen (secondary N) is 1. The van der Waals surface area contributed by atoms with Crippen LogP contribution in [0.5, 0.6) is 0 Å². The van der Waals surface area contributed by atoms with Crippen molar-refractivity contribution in [3.8, 4) is 0 Å². The maximum atomic E-state index is 13.2. The first-order valence-corrected chi connectivity index (χ1v) is 8.21. The van der Waals surface area contributed by atoms with E-state index in [9.17, 15) is 18.4 Å². The highest BCUT2D eigenvalue weighted by Crippen LogP contribution is 2.21. The van der Waals surface area contributed by atoms with Crippen LogP contribution in [0, 0.1) is 17.6 Å². The average Bonchev–Trinajstić information content (AvgIpc) is 2.59. The number of likely N-dealkylation sites (tertiary alicyclic amines) is 1. The standard InChI is InChI=1S/C19H18F2N2O3/c20-16-6-3-13(8-17(16)21)7-14-10-23(11-14)19(26)22-9-12-1-4-15(5-2-12)18(24)25/h1-6,8,14H,7,9-11H2,(H,22,26)(H,24,25). The van der Waals surface area contributed by atoms with E-state index in [1.165, 1.54) is 18.2 Å². The topological polar surface area (TPSA) is 69.6 Å². The molecule has 0 bridgehead atoms. The van der Waals surface area contributed by atoms with Gasteiger partial charge in [-0.05, 0) is 47.7 Å². The third-order valence-corrected chi connectivity index (χ3v) is 4.40. The van der Waals surface area contributed by atoms with Crippen LogP contribution in [0.3, 0.4) is 0 Å². The van der Waals surface area contributed by atoms with E-state index in [2.05, 4.69) is 5.32 Å². The molecule has 26 heavy (non-hydrogen) atoms. The molecule has 2 aromatic carbocycles. The monoisotopic (exact) mass is 360 g/mol. The number of hydrogen-bond acceptors (Lipinski definition) is 2. The molecule has 3 rings (SSSR count). The van der Waals surface area contributed by atoms with Crippen LogP contribution < -0.4 is 5.32 Å². The molecule has 0 atom stereocenters. The predicted octanol–water partition coefficient (Wildman–Crippen LogP) is 3.05. The summed E-state index contributed by atoms with van der Waals surface area (Å²) in [6.07, 6.45) is 0.595. The summed E-state index contributed by atoms with van der Waals surface area (Å²) in [4.78, 5) is 24.5. The van der Waals surface area contributed by atoms with Crippen LogP contribution >= 0.6 is 0 Å². The van der Waals surface area contributed by atoms with Gasteiger partial charge in [-0.3, -0.25) is 0 Å². The fourth-order valence-electron chi connectivity index (χ4n) is 2.92. The van der Waals surface area contributed by atoms with Gasteiger partial charge in [-0.1, -0.05) is 18.2 Å². The van der Waals surface area contributed by atoms with Crippen molar-refractivity contribution in [2.24, 2.45) is 5.92 Å². The van der Waals surface area contributed by atoms with Gasteiger partial charge in [0, 0.05) is 19.6 Å². The zero-order chi connectivity index (χ0) is 18.7. The number of hydrogen-bond donors (Lipinski definition) is 2. The lowest BCUT2D eigenvalue weighted by molar-refractivity contribution is 0.0696. The Kier molecular flexibility index (Phi) is 5.16. The number of carboxylic acid groups (broad SMARTS) is 1. The minimum atomic E-state index is -0.992. The average molecular weight is 360 g/mol. The summed E-state index contributed by atoms with van der Waals surface area (Å²) in [6.45, 7) is 1.43. The van der Waals surface area contributed by atoms with Gasteiger partial charge in [-0.25, -0.2) is 18.4 Å². The quantitative estimate of drug-likeness (QED) is 0.861. The van der Waals surface area contributed by atoms with Crippen molar-refractivity contribution in [3.05, 3.63) is 70.8 Å². The second-order valence-corrected chi connectivity index (χ2v) is 6.38. The van der Waals surface area contributed by atoms with E-state index in [1.54, 1.807) is 23.1 Å². The van der Waals surface area contributed by atoms with Crippen LogP contribution in [0.4, 0.5) is 13.6 Å². The third-order valence-electron chi connectivity index (χ3n) is 4.40. The van der Waals surface area contributed by atoms with Crippen LogP contribution in [-0.2, 0) is 13.0 Å². The van der Waals surface area contributed by atoms with Crippen molar-refractivity contribution in [2.45, 2.75) is 13.0 Å². The van der Waals surface area contributed by atoms with Crippen LogP contribution in [0.15, 0.2) is 42.5 Å². The minimum Gasteiger partial charge on any atom is -0.478 e. The molecule has 0 radical (unpaired) electrons. The maximum Gasteiger partial charge on any atom is 0.335 e. The Bertz CT molecular complexity index is 818. The molecule has 0 saturated carbocycles. The highest BCUT2D eigenvalue weighted by atomic mass is 19.2. The van der Waals surface area contributed by atoms with Crippen LogP contribution in [-0.4, -0.2) is 35.1 Å². The first-order chi connectivity index (χ1) is 12.4. The molecule has 1 saturated heterocycles. The molecule has 1 heterocycles. The number of benzene rings is 2. The SMILES string of the molecule is O=C(O)c1ccc(CNC(=O)N2CC(Cc3ccc(F)c(F)c3)C2)cc1. The third kappa shape index (κ3) is 4.17. The molecule has 2 amide bonds. The first kappa shape index (κ1) is 17.8. The fourth-order valence-corrected chi connectivity index (χ4v) is 2.92. The van der Waals surface area contributed by atoms with Crippen molar-refractivity contribution in [3.63, 3.8) is 0 Å². The highest BCUT2D eigenvalue weighted by molar-refractivity contribution is 5.87. The molecule has 136 valence electrons. The lowest BCUT2D eigenvalue weighted by atomic mass is 9.92. The van der Waals surface area contributed by atoms with Crippen molar-refractivity contribution in [1.29, 1.82) is 0 Å². The summed E-state index contributed by atoms with van der Waals surface area (Å²) in [5.74, 6) is -2.49. The van der Waals surface area contributed by atoms with Crippen molar-refractivity contribution < 1.29 is 23.5 Å². The minimum absolute atomic E-state index is 0.197. The van der Waals surface area contributed by atoms with Gasteiger partial charge in [0.2, 0.25) is 0 Å². The zero-order valence-corrected chi connectivity index (χ0v) is 13.9. The molecule has 2 aromatic rings. The van der Waals surface area contributed by atoms with Crippen LogP contribution in [0.25, 0.3) is 0 Å². The number of aromatic carboxylic acids is 1.